The van der Waals surface area contributed by atoms with Crippen molar-refractivity contribution in [3.63, 3.8) is 0 Å². The second-order valence-corrected chi connectivity index (χ2v) is 6.57. The van der Waals surface area contributed by atoms with Crippen molar-refractivity contribution in [2.45, 2.75) is 46.0 Å². The highest BCUT2D eigenvalue weighted by atomic mass is 79.9. The fraction of sp³-hybridized carbons (Fsp3) is 0.647. The number of aryl methyl sites for hydroxylation is 1. The van der Waals surface area contributed by atoms with Crippen molar-refractivity contribution >= 4 is 15.9 Å². The zero-order valence-corrected chi connectivity index (χ0v) is 14.6. The molecular weight excluding hydrogens is 314 g/mol. The average Bonchev–Trinajstić information content (AvgIpc) is 2.42. The zero-order chi connectivity index (χ0) is 14.8. The van der Waals surface area contributed by atoms with Crippen LogP contribution in [-0.4, -0.2) is 20.2 Å². The van der Waals surface area contributed by atoms with E-state index in [1.54, 1.807) is 7.11 Å². The highest BCUT2D eigenvalue weighted by Crippen LogP contribution is 2.24. The number of methoxy groups -OCH3 is 1. The molecule has 3 heteroatoms. The minimum absolute atomic E-state index is 0.752. The standard InChI is InChI=1S/C17H28BrNO/c1-14(2)13-19-11-7-5-4-6-8-15-9-10-16(20-3)12-17(15)18/h9-10,12,14,19H,4-8,11,13H2,1-3H3. The summed E-state index contributed by atoms with van der Waals surface area (Å²) in [6, 6.07) is 6.24. The number of hydrogen-bond donors (Lipinski definition) is 1. The van der Waals surface area contributed by atoms with Gasteiger partial charge >= 0.3 is 0 Å². The predicted octanol–water partition coefficient (Wildman–Crippen LogP) is 4.81. The molecule has 0 aliphatic carbocycles. The topological polar surface area (TPSA) is 21.3 Å². The maximum absolute atomic E-state index is 5.21. The first-order valence-electron chi connectivity index (χ1n) is 7.66. The Labute approximate surface area is 132 Å². The molecule has 0 saturated carbocycles. The van der Waals surface area contributed by atoms with Gasteiger partial charge in [-0.05, 0) is 56.0 Å². The third kappa shape index (κ3) is 7.30. The van der Waals surface area contributed by atoms with Crippen LogP contribution in [-0.2, 0) is 6.42 Å². The summed E-state index contributed by atoms with van der Waals surface area (Å²) in [6.45, 7) is 6.79. The highest BCUT2D eigenvalue weighted by Gasteiger charge is 2.02. The van der Waals surface area contributed by atoms with E-state index in [2.05, 4.69) is 41.2 Å². The van der Waals surface area contributed by atoms with Crippen molar-refractivity contribution in [2.24, 2.45) is 5.92 Å². The molecule has 114 valence electrons. The zero-order valence-electron chi connectivity index (χ0n) is 13.0. The van der Waals surface area contributed by atoms with Crippen LogP contribution in [0.25, 0.3) is 0 Å². The van der Waals surface area contributed by atoms with Crippen molar-refractivity contribution < 1.29 is 4.74 Å². The maximum atomic E-state index is 5.21. The molecule has 0 heterocycles. The van der Waals surface area contributed by atoms with E-state index < -0.39 is 0 Å². The number of benzene rings is 1. The summed E-state index contributed by atoms with van der Waals surface area (Å²) in [5.41, 5.74) is 1.38. The van der Waals surface area contributed by atoms with Crippen LogP contribution in [0, 0.1) is 5.92 Å². The molecule has 20 heavy (non-hydrogen) atoms. The van der Waals surface area contributed by atoms with E-state index in [1.165, 1.54) is 31.2 Å². The van der Waals surface area contributed by atoms with Gasteiger partial charge in [-0.3, -0.25) is 0 Å². The molecule has 2 nitrogen and oxygen atoms in total. The van der Waals surface area contributed by atoms with E-state index in [0.717, 1.165) is 35.7 Å². The second kappa shape index (κ2) is 10.2. The minimum atomic E-state index is 0.752. The van der Waals surface area contributed by atoms with Gasteiger partial charge in [0.2, 0.25) is 0 Å². The molecule has 1 aromatic carbocycles. The molecule has 0 saturated heterocycles. The molecular formula is C17H28BrNO. The SMILES string of the molecule is COc1ccc(CCCCCCNCC(C)C)c(Br)c1. The number of nitrogens with one attached hydrogen (secondary N) is 1. The Kier molecular flexibility index (Phi) is 8.95. The lowest BCUT2D eigenvalue weighted by atomic mass is 10.1. The molecule has 0 aromatic heterocycles. The predicted molar refractivity (Wildman–Crippen MR) is 90.6 cm³/mol. The van der Waals surface area contributed by atoms with Crippen LogP contribution in [0.4, 0.5) is 0 Å². The Balaban J connectivity index is 2.09. The first-order chi connectivity index (χ1) is 9.63. The summed E-state index contributed by atoms with van der Waals surface area (Å²) >= 11 is 3.61. The van der Waals surface area contributed by atoms with Crippen LogP contribution < -0.4 is 10.1 Å². The molecule has 0 aliphatic rings. The number of ether oxygens (including phenoxy) is 1. The third-order valence-electron chi connectivity index (χ3n) is 3.36. The average molecular weight is 342 g/mol. The summed E-state index contributed by atoms with van der Waals surface area (Å²) in [4.78, 5) is 0. The summed E-state index contributed by atoms with van der Waals surface area (Å²) in [5.74, 6) is 1.67. The Hall–Kier alpha value is -0.540. The molecule has 1 N–H and O–H groups in total. The van der Waals surface area contributed by atoms with Crippen molar-refractivity contribution in [1.29, 1.82) is 0 Å². The smallest absolute Gasteiger partial charge is 0.120 e. The highest BCUT2D eigenvalue weighted by molar-refractivity contribution is 9.10. The molecule has 0 amide bonds. The molecule has 0 fully saturated rings. The second-order valence-electron chi connectivity index (χ2n) is 5.72. The number of hydrogen-bond acceptors (Lipinski definition) is 2. The molecule has 0 bridgehead atoms. The Morgan fingerprint density at radius 1 is 1.15 bits per heavy atom. The van der Waals surface area contributed by atoms with Crippen LogP contribution >= 0.6 is 15.9 Å². The molecule has 0 unspecified atom stereocenters. The molecule has 1 aromatic rings. The van der Waals surface area contributed by atoms with E-state index >= 15 is 0 Å². The molecule has 0 aliphatic heterocycles. The van der Waals surface area contributed by atoms with Gasteiger partial charge < -0.3 is 10.1 Å². The van der Waals surface area contributed by atoms with Crippen molar-refractivity contribution in [3.8, 4) is 5.75 Å². The summed E-state index contributed by atoms with van der Waals surface area (Å²) in [6.07, 6.45) is 6.32. The van der Waals surface area contributed by atoms with E-state index in [1.807, 2.05) is 12.1 Å². The van der Waals surface area contributed by atoms with Gasteiger partial charge in [-0.15, -0.1) is 0 Å². The first kappa shape index (κ1) is 17.5. The van der Waals surface area contributed by atoms with Gasteiger partial charge in [0.05, 0.1) is 7.11 Å². The minimum Gasteiger partial charge on any atom is -0.497 e. The maximum Gasteiger partial charge on any atom is 0.120 e. The monoisotopic (exact) mass is 341 g/mol. The summed E-state index contributed by atoms with van der Waals surface area (Å²) < 4.78 is 6.37. The summed E-state index contributed by atoms with van der Waals surface area (Å²) in [5, 5.41) is 3.49. The van der Waals surface area contributed by atoms with E-state index in [0.29, 0.717) is 0 Å². The van der Waals surface area contributed by atoms with E-state index in [4.69, 9.17) is 4.74 Å². The Morgan fingerprint density at radius 2 is 1.90 bits per heavy atom. The van der Waals surface area contributed by atoms with Crippen molar-refractivity contribution in [1.82, 2.24) is 5.32 Å². The Bertz CT molecular complexity index is 379. The number of rotatable bonds is 10. The van der Waals surface area contributed by atoms with Gasteiger partial charge in [-0.25, -0.2) is 0 Å². The van der Waals surface area contributed by atoms with Crippen LogP contribution in [0.3, 0.4) is 0 Å². The molecule has 0 spiro atoms. The normalized spacial score (nSPS) is 11.1. The number of halogens is 1. The molecule has 1 rings (SSSR count). The lowest BCUT2D eigenvalue weighted by Gasteiger charge is -2.08. The third-order valence-corrected chi connectivity index (χ3v) is 4.10. The lowest BCUT2D eigenvalue weighted by molar-refractivity contribution is 0.414. The van der Waals surface area contributed by atoms with Crippen LogP contribution in [0.5, 0.6) is 5.75 Å². The van der Waals surface area contributed by atoms with E-state index in [-0.39, 0.29) is 0 Å². The van der Waals surface area contributed by atoms with Gasteiger partial charge in [-0.1, -0.05) is 48.7 Å². The lowest BCUT2D eigenvalue weighted by Crippen LogP contribution is -2.20. The quantitative estimate of drug-likeness (QED) is 0.616. The van der Waals surface area contributed by atoms with Gasteiger partial charge in [0.1, 0.15) is 5.75 Å². The van der Waals surface area contributed by atoms with Crippen molar-refractivity contribution in [3.05, 3.63) is 28.2 Å². The fourth-order valence-electron chi connectivity index (χ4n) is 2.17. The largest absolute Gasteiger partial charge is 0.497 e. The van der Waals surface area contributed by atoms with Gasteiger partial charge in [0.25, 0.3) is 0 Å². The van der Waals surface area contributed by atoms with Crippen molar-refractivity contribution in [2.75, 3.05) is 20.2 Å². The van der Waals surface area contributed by atoms with Gasteiger partial charge in [-0.2, -0.15) is 0 Å². The van der Waals surface area contributed by atoms with Crippen LogP contribution in [0.2, 0.25) is 0 Å². The Morgan fingerprint density at radius 3 is 2.55 bits per heavy atom. The van der Waals surface area contributed by atoms with Crippen LogP contribution in [0.1, 0.15) is 45.1 Å². The van der Waals surface area contributed by atoms with Crippen LogP contribution in [0.15, 0.2) is 22.7 Å². The fourth-order valence-corrected chi connectivity index (χ4v) is 2.72. The summed E-state index contributed by atoms with van der Waals surface area (Å²) in [7, 11) is 1.70. The van der Waals surface area contributed by atoms with E-state index in [9.17, 15) is 0 Å². The number of unbranched alkanes of at least 4 members (excludes halogenated alkanes) is 3. The first-order valence-corrected chi connectivity index (χ1v) is 8.46. The van der Waals surface area contributed by atoms with Gasteiger partial charge in [0, 0.05) is 4.47 Å². The van der Waals surface area contributed by atoms with Gasteiger partial charge in [0.15, 0.2) is 0 Å². The molecule has 0 atom stereocenters. The molecule has 0 radical (unpaired) electrons.